The Balaban J connectivity index is 2.33. The highest BCUT2D eigenvalue weighted by Gasteiger charge is 2.07. The highest BCUT2D eigenvalue weighted by atomic mass is 15.2. The fourth-order valence-electron chi connectivity index (χ4n) is 1.50. The molecule has 1 unspecified atom stereocenters. The van der Waals surface area contributed by atoms with Gasteiger partial charge in [-0.25, -0.2) is 4.52 Å². The van der Waals surface area contributed by atoms with Crippen LogP contribution in [0.1, 0.15) is 12.5 Å². The maximum atomic E-state index is 5.59. The molecule has 14 heavy (non-hydrogen) atoms. The molecule has 4 nitrogen and oxygen atoms in total. The highest BCUT2D eigenvalue weighted by Crippen LogP contribution is 2.13. The van der Waals surface area contributed by atoms with Crippen molar-refractivity contribution in [1.82, 2.24) is 14.6 Å². The summed E-state index contributed by atoms with van der Waals surface area (Å²) in [6.07, 6.45) is 8.28. The molecule has 2 N–H and O–H groups in total. The second kappa shape index (κ2) is 3.75. The average molecular weight is 190 g/mol. The predicted molar refractivity (Wildman–Crippen MR) is 54.9 cm³/mol. The SMILES string of the molecule is CC(CN)Cc1cnn2ccncc12. The van der Waals surface area contributed by atoms with E-state index in [-0.39, 0.29) is 0 Å². The van der Waals surface area contributed by atoms with Crippen LogP contribution in [0.15, 0.2) is 24.8 Å². The topological polar surface area (TPSA) is 56.2 Å². The first kappa shape index (κ1) is 9.15. The first-order valence-corrected chi connectivity index (χ1v) is 4.77. The lowest BCUT2D eigenvalue weighted by Crippen LogP contribution is -2.12. The standard InChI is InChI=1S/C10H14N4/c1-8(5-11)4-9-6-13-14-3-2-12-7-10(9)14/h2-3,6-8H,4-5,11H2,1H3. The van der Waals surface area contributed by atoms with Gasteiger partial charge in [-0.15, -0.1) is 0 Å². The number of nitrogens with zero attached hydrogens (tertiary/aromatic N) is 3. The van der Waals surface area contributed by atoms with E-state index < -0.39 is 0 Å². The molecule has 1 atom stereocenters. The van der Waals surface area contributed by atoms with E-state index in [9.17, 15) is 0 Å². The lowest BCUT2D eigenvalue weighted by atomic mass is 10.0. The minimum Gasteiger partial charge on any atom is -0.330 e. The fourth-order valence-corrected chi connectivity index (χ4v) is 1.50. The van der Waals surface area contributed by atoms with Gasteiger partial charge in [0.1, 0.15) is 0 Å². The van der Waals surface area contributed by atoms with Crippen LogP contribution in [0.4, 0.5) is 0 Å². The third-order valence-corrected chi connectivity index (χ3v) is 2.38. The largest absolute Gasteiger partial charge is 0.330 e. The van der Waals surface area contributed by atoms with E-state index in [0.717, 1.165) is 11.9 Å². The summed E-state index contributed by atoms with van der Waals surface area (Å²) in [5.41, 5.74) is 7.89. The van der Waals surface area contributed by atoms with Crippen LogP contribution in [0.3, 0.4) is 0 Å². The van der Waals surface area contributed by atoms with Gasteiger partial charge in [0, 0.05) is 12.4 Å². The summed E-state index contributed by atoms with van der Waals surface area (Å²) in [7, 11) is 0. The van der Waals surface area contributed by atoms with Crippen molar-refractivity contribution in [3.8, 4) is 0 Å². The van der Waals surface area contributed by atoms with Crippen LogP contribution in [-0.2, 0) is 6.42 Å². The Labute approximate surface area is 82.8 Å². The molecule has 0 saturated heterocycles. The summed E-state index contributed by atoms with van der Waals surface area (Å²) in [6, 6.07) is 0. The Morgan fingerprint density at radius 2 is 2.36 bits per heavy atom. The molecule has 0 aliphatic rings. The summed E-state index contributed by atoms with van der Waals surface area (Å²) in [5.74, 6) is 0.489. The van der Waals surface area contributed by atoms with E-state index in [1.54, 1.807) is 6.20 Å². The quantitative estimate of drug-likeness (QED) is 0.781. The van der Waals surface area contributed by atoms with Crippen molar-refractivity contribution in [2.24, 2.45) is 11.7 Å². The maximum Gasteiger partial charge on any atom is 0.0876 e. The Bertz CT molecular complexity index is 421. The van der Waals surface area contributed by atoms with Crippen LogP contribution < -0.4 is 5.73 Å². The summed E-state index contributed by atoms with van der Waals surface area (Å²) in [5, 5.41) is 4.24. The zero-order valence-electron chi connectivity index (χ0n) is 8.22. The van der Waals surface area contributed by atoms with Crippen LogP contribution >= 0.6 is 0 Å². The molecule has 0 amide bonds. The monoisotopic (exact) mass is 190 g/mol. The Morgan fingerprint density at radius 1 is 1.50 bits per heavy atom. The van der Waals surface area contributed by atoms with Crippen LogP contribution in [0.2, 0.25) is 0 Å². The summed E-state index contributed by atoms with van der Waals surface area (Å²) < 4.78 is 1.84. The average Bonchev–Trinajstić information content (AvgIpc) is 2.62. The number of rotatable bonds is 3. The third kappa shape index (κ3) is 1.61. The van der Waals surface area contributed by atoms with E-state index in [0.29, 0.717) is 12.5 Å². The van der Waals surface area contributed by atoms with Gasteiger partial charge in [0.05, 0.1) is 17.9 Å². The third-order valence-electron chi connectivity index (χ3n) is 2.38. The zero-order valence-corrected chi connectivity index (χ0v) is 8.22. The van der Waals surface area contributed by atoms with Crippen molar-refractivity contribution in [2.75, 3.05) is 6.54 Å². The summed E-state index contributed by atoms with van der Waals surface area (Å²) >= 11 is 0. The van der Waals surface area contributed by atoms with Gasteiger partial charge in [0.15, 0.2) is 0 Å². The van der Waals surface area contributed by atoms with Crippen LogP contribution in [0.5, 0.6) is 0 Å². The molecule has 0 aromatic carbocycles. The van der Waals surface area contributed by atoms with Crippen molar-refractivity contribution >= 4 is 5.52 Å². The van der Waals surface area contributed by atoms with Crippen molar-refractivity contribution in [1.29, 1.82) is 0 Å². The van der Waals surface area contributed by atoms with E-state index in [1.165, 1.54) is 5.56 Å². The fraction of sp³-hybridized carbons (Fsp3) is 0.400. The van der Waals surface area contributed by atoms with Crippen LogP contribution in [-0.4, -0.2) is 21.1 Å². The van der Waals surface area contributed by atoms with Gasteiger partial charge in [0.25, 0.3) is 0 Å². The Morgan fingerprint density at radius 3 is 3.14 bits per heavy atom. The van der Waals surface area contributed by atoms with Gasteiger partial charge >= 0.3 is 0 Å². The minimum absolute atomic E-state index is 0.489. The molecule has 0 radical (unpaired) electrons. The molecule has 0 aliphatic heterocycles. The second-order valence-corrected chi connectivity index (χ2v) is 3.62. The highest BCUT2D eigenvalue weighted by molar-refractivity contribution is 5.51. The zero-order chi connectivity index (χ0) is 9.97. The van der Waals surface area contributed by atoms with Crippen molar-refractivity contribution in [3.63, 3.8) is 0 Å². The van der Waals surface area contributed by atoms with Crippen molar-refractivity contribution in [3.05, 3.63) is 30.4 Å². The number of nitrogens with two attached hydrogens (primary N) is 1. The summed E-state index contributed by atoms with van der Waals surface area (Å²) in [4.78, 5) is 4.09. The molecule has 0 bridgehead atoms. The van der Waals surface area contributed by atoms with Gasteiger partial charge in [-0.1, -0.05) is 6.92 Å². The van der Waals surface area contributed by atoms with Crippen LogP contribution in [0.25, 0.3) is 5.52 Å². The van der Waals surface area contributed by atoms with Crippen molar-refractivity contribution in [2.45, 2.75) is 13.3 Å². The maximum absolute atomic E-state index is 5.59. The van der Waals surface area contributed by atoms with E-state index in [1.807, 2.05) is 23.1 Å². The molecule has 74 valence electrons. The molecule has 0 spiro atoms. The van der Waals surface area contributed by atoms with Gasteiger partial charge < -0.3 is 5.73 Å². The summed E-state index contributed by atoms with van der Waals surface area (Å²) in [6.45, 7) is 2.84. The molecule has 0 fully saturated rings. The first-order chi connectivity index (χ1) is 6.81. The molecule has 2 aromatic heterocycles. The van der Waals surface area contributed by atoms with Gasteiger partial charge in [-0.05, 0) is 24.4 Å². The van der Waals surface area contributed by atoms with Gasteiger partial charge in [-0.2, -0.15) is 5.10 Å². The second-order valence-electron chi connectivity index (χ2n) is 3.62. The number of hydrogen-bond acceptors (Lipinski definition) is 3. The molecule has 2 rings (SSSR count). The van der Waals surface area contributed by atoms with E-state index >= 15 is 0 Å². The Kier molecular flexibility index (Phi) is 2.45. The number of aromatic nitrogens is 3. The normalized spacial score (nSPS) is 13.3. The van der Waals surface area contributed by atoms with E-state index in [4.69, 9.17) is 5.73 Å². The molecule has 4 heteroatoms. The molecule has 0 saturated carbocycles. The minimum atomic E-state index is 0.489. The smallest absolute Gasteiger partial charge is 0.0876 e. The molecular formula is C10H14N4. The molecule has 2 heterocycles. The van der Waals surface area contributed by atoms with E-state index in [2.05, 4.69) is 17.0 Å². The first-order valence-electron chi connectivity index (χ1n) is 4.77. The predicted octanol–water partition coefficient (Wildman–Crippen LogP) is 0.867. The molecule has 0 aliphatic carbocycles. The van der Waals surface area contributed by atoms with Gasteiger partial charge in [0.2, 0.25) is 0 Å². The lowest BCUT2D eigenvalue weighted by Gasteiger charge is -2.05. The van der Waals surface area contributed by atoms with Crippen molar-refractivity contribution < 1.29 is 0 Å². The van der Waals surface area contributed by atoms with Gasteiger partial charge in [-0.3, -0.25) is 4.98 Å². The molecular weight excluding hydrogens is 176 g/mol. The lowest BCUT2D eigenvalue weighted by molar-refractivity contribution is 0.595. The molecule has 2 aromatic rings. The number of hydrogen-bond donors (Lipinski definition) is 1. The number of fused-ring (bicyclic) bond motifs is 1. The van der Waals surface area contributed by atoms with Crippen LogP contribution in [0, 0.1) is 5.92 Å². The Hall–Kier alpha value is -1.42.